The number of anilines is 2. The molecule has 0 atom stereocenters. The lowest BCUT2D eigenvalue weighted by atomic mass is 10.1. The van der Waals surface area contributed by atoms with Crippen LogP contribution in [0.15, 0.2) is 36.5 Å². The predicted molar refractivity (Wildman–Crippen MR) is 74.7 cm³/mol. The van der Waals surface area contributed by atoms with Gasteiger partial charge < -0.3 is 16.2 Å². The van der Waals surface area contributed by atoms with E-state index in [0.29, 0.717) is 5.69 Å². The lowest BCUT2D eigenvalue weighted by Gasteiger charge is -2.10. The molecule has 2 rings (SSSR count). The Kier molecular flexibility index (Phi) is 3.65. The average molecular weight is 271 g/mol. The maximum atomic E-state index is 12.1. The van der Waals surface area contributed by atoms with Crippen molar-refractivity contribution in [2.75, 3.05) is 11.1 Å². The summed E-state index contributed by atoms with van der Waals surface area (Å²) in [6, 6.07) is 7.70. The van der Waals surface area contributed by atoms with Crippen molar-refractivity contribution in [1.29, 1.82) is 0 Å². The first-order chi connectivity index (χ1) is 9.49. The molecular formula is C14H13N3O3. The zero-order chi connectivity index (χ0) is 14.7. The summed E-state index contributed by atoms with van der Waals surface area (Å²) in [6.07, 6.45) is 1.46. The molecule has 0 saturated heterocycles. The van der Waals surface area contributed by atoms with Crippen molar-refractivity contribution in [2.45, 2.75) is 6.92 Å². The van der Waals surface area contributed by atoms with Gasteiger partial charge in [0.1, 0.15) is 0 Å². The lowest BCUT2D eigenvalue weighted by Crippen LogP contribution is -2.16. The standard InChI is InChI=1S/C14H13N3O3/c1-8-4-5-9(14(19)20)7-11(8)17-13(18)12-10(15)3-2-6-16-12/h2-7H,15H2,1H3,(H,17,18)(H,19,20). The Morgan fingerprint density at radius 2 is 2.05 bits per heavy atom. The van der Waals surface area contributed by atoms with Gasteiger partial charge in [-0.25, -0.2) is 9.78 Å². The highest BCUT2D eigenvalue weighted by Crippen LogP contribution is 2.18. The Balaban J connectivity index is 2.30. The van der Waals surface area contributed by atoms with Crippen molar-refractivity contribution in [2.24, 2.45) is 0 Å². The molecule has 2 aromatic rings. The number of carboxylic acid groups (broad SMARTS) is 1. The van der Waals surface area contributed by atoms with E-state index >= 15 is 0 Å². The van der Waals surface area contributed by atoms with Crippen molar-refractivity contribution in [3.05, 3.63) is 53.3 Å². The van der Waals surface area contributed by atoms with Gasteiger partial charge in [0.25, 0.3) is 5.91 Å². The fraction of sp³-hybridized carbons (Fsp3) is 0.0714. The topological polar surface area (TPSA) is 105 Å². The van der Waals surface area contributed by atoms with Gasteiger partial charge in [0.2, 0.25) is 0 Å². The summed E-state index contributed by atoms with van der Waals surface area (Å²) in [5.41, 5.74) is 7.30. The van der Waals surface area contributed by atoms with E-state index in [9.17, 15) is 9.59 Å². The molecule has 6 nitrogen and oxygen atoms in total. The number of pyridine rings is 1. The summed E-state index contributed by atoms with van der Waals surface area (Å²) < 4.78 is 0. The molecule has 20 heavy (non-hydrogen) atoms. The largest absolute Gasteiger partial charge is 0.478 e. The van der Waals surface area contributed by atoms with Crippen LogP contribution >= 0.6 is 0 Å². The van der Waals surface area contributed by atoms with E-state index in [1.165, 1.54) is 18.3 Å². The molecule has 1 amide bonds. The number of aryl methyl sites for hydroxylation is 1. The number of nitrogen functional groups attached to an aromatic ring is 1. The van der Waals surface area contributed by atoms with Crippen LogP contribution in [0, 0.1) is 6.92 Å². The number of carbonyl (C=O) groups is 2. The fourth-order valence-electron chi connectivity index (χ4n) is 1.68. The van der Waals surface area contributed by atoms with Crippen LogP contribution in [0.4, 0.5) is 11.4 Å². The molecule has 0 saturated carbocycles. The first-order valence-electron chi connectivity index (χ1n) is 5.85. The van der Waals surface area contributed by atoms with Crippen molar-refractivity contribution < 1.29 is 14.7 Å². The van der Waals surface area contributed by atoms with E-state index < -0.39 is 11.9 Å². The molecule has 6 heteroatoms. The molecular weight excluding hydrogens is 258 g/mol. The maximum Gasteiger partial charge on any atom is 0.335 e. The first-order valence-corrected chi connectivity index (χ1v) is 5.85. The summed E-state index contributed by atoms with van der Waals surface area (Å²) in [7, 11) is 0. The molecule has 0 aliphatic heterocycles. The van der Waals surface area contributed by atoms with E-state index in [1.54, 1.807) is 25.1 Å². The molecule has 1 aromatic heterocycles. The summed E-state index contributed by atoms with van der Waals surface area (Å²) in [6.45, 7) is 1.77. The van der Waals surface area contributed by atoms with Gasteiger partial charge in [0.15, 0.2) is 5.69 Å². The number of aromatic nitrogens is 1. The zero-order valence-corrected chi connectivity index (χ0v) is 10.8. The van der Waals surface area contributed by atoms with Gasteiger partial charge in [-0.05, 0) is 36.8 Å². The van der Waals surface area contributed by atoms with Crippen LogP contribution in [-0.2, 0) is 0 Å². The number of aromatic carboxylic acids is 1. The van der Waals surface area contributed by atoms with E-state index in [1.807, 2.05) is 0 Å². The summed E-state index contributed by atoms with van der Waals surface area (Å²) >= 11 is 0. The van der Waals surface area contributed by atoms with Crippen LogP contribution in [-0.4, -0.2) is 22.0 Å². The van der Waals surface area contributed by atoms with Crippen LogP contribution < -0.4 is 11.1 Å². The summed E-state index contributed by atoms with van der Waals surface area (Å²) in [5, 5.41) is 11.6. The third-order valence-electron chi connectivity index (χ3n) is 2.79. The van der Waals surface area contributed by atoms with Crippen LogP contribution in [0.2, 0.25) is 0 Å². The van der Waals surface area contributed by atoms with Crippen LogP contribution in [0.25, 0.3) is 0 Å². The number of rotatable bonds is 3. The molecule has 0 spiro atoms. The lowest BCUT2D eigenvalue weighted by molar-refractivity contribution is 0.0696. The SMILES string of the molecule is Cc1ccc(C(=O)O)cc1NC(=O)c1ncccc1N. The highest BCUT2D eigenvalue weighted by atomic mass is 16.4. The van der Waals surface area contributed by atoms with Gasteiger partial charge in [-0.2, -0.15) is 0 Å². The zero-order valence-electron chi connectivity index (χ0n) is 10.8. The second kappa shape index (κ2) is 5.40. The number of benzene rings is 1. The minimum atomic E-state index is -1.06. The van der Waals surface area contributed by atoms with E-state index in [0.717, 1.165) is 5.56 Å². The molecule has 4 N–H and O–H groups in total. The molecule has 0 fully saturated rings. The number of hydrogen-bond acceptors (Lipinski definition) is 4. The maximum absolute atomic E-state index is 12.1. The minimum Gasteiger partial charge on any atom is -0.478 e. The fourth-order valence-corrected chi connectivity index (χ4v) is 1.68. The summed E-state index contributed by atoms with van der Waals surface area (Å²) in [4.78, 5) is 26.9. The van der Waals surface area contributed by atoms with E-state index in [4.69, 9.17) is 10.8 Å². The van der Waals surface area contributed by atoms with Gasteiger partial charge in [-0.3, -0.25) is 4.79 Å². The Bertz CT molecular complexity index is 683. The second-order valence-corrected chi connectivity index (χ2v) is 4.23. The van der Waals surface area contributed by atoms with E-state index in [-0.39, 0.29) is 16.9 Å². The molecule has 0 aliphatic rings. The number of nitrogens with zero attached hydrogens (tertiary/aromatic N) is 1. The Morgan fingerprint density at radius 1 is 1.30 bits per heavy atom. The minimum absolute atomic E-state index is 0.0971. The molecule has 0 aliphatic carbocycles. The van der Waals surface area contributed by atoms with Gasteiger partial charge >= 0.3 is 5.97 Å². The van der Waals surface area contributed by atoms with Crippen molar-refractivity contribution in [3.63, 3.8) is 0 Å². The highest BCUT2D eigenvalue weighted by Gasteiger charge is 2.13. The van der Waals surface area contributed by atoms with Crippen molar-refractivity contribution in [1.82, 2.24) is 4.98 Å². The van der Waals surface area contributed by atoms with Gasteiger partial charge in [0.05, 0.1) is 11.3 Å². The molecule has 0 unspecified atom stereocenters. The molecule has 102 valence electrons. The van der Waals surface area contributed by atoms with Crippen LogP contribution in [0.3, 0.4) is 0 Å². The quantitative estimate of drug-likeness (QED) is 0.791. The third kappa shape index (κ3) is 2.74. The Hall–Kier alpha value is -2.89. The molecule has 0 radical (unpaired) electrons. The van der Waals surface area contributed by atoms with Gasteiger partial charge in [-0.15, -0.1) is 0 Å². The Labute approximate surface area is 115 Å². The van der Waals surface area contributed by atoms with Gasteiger partial charge in [-0.1, -0.05) is 6.07 Å². The number of amides is 1. The number of carbonyl (C=O) groups excluding carboxylic acids is 1. The molecule has 1 heterocycles. The predicted octanol–water partition coefficient (Wildman–Crippen LogP) is 1.92. The van der Waals surface area contributed by atoms with Crippen molar-refractivity contribution in [3.8, 4) is 0 Å². The number of nitrogens with one attached hydrogen (secondary N) is 1. The smallest absolute Gasteiger partial charge is 0.335 e. The molecule has 1 aromatic carbocycles. The first kappa shape index (κ1) is 13.5. The Morgan fingerprint density at radius 3 is 2.70 bits per heavy atom. The monoisotopic (exact) mass is 271 g/mol. The van der Waals surface area contributed by atoms with E-state index in [2.05, 4.69) is 10.3 Å². The van der Waals surface area contributed by atoms with Gasteiger partial charge in [0, 0.05) is 11.9 Å². The number of hydrogen-bond donors (Lipinski definition) is 3. The average Bonchev–Trinajstić information content (AvgIpc) is 2.41. The number of carboxylic acids is 1. The second-order valence-electron chi connectivity index (χ2n) is 4.23. The summed E-state index contributed by atoms with van der Waals surface area (Å²) in [5.74, 6) is -1.54. The molecule has 0 bridgehead atoms. The third-order valence-corrected chi connectivity index (χ3v) is 2.79. The van der Waals surface area contributed by atoms with Crippen LogP contribution in [0.1, 0.15) is 26.4 Å². The highest BCUT2D eigenvalue weighted by molar-refractivity contribution is 6.07. The number of nitrogens with two attached hydrogens (primary N) is 1. The normalized spacial score (nSPS) is 10.1. The van der Waals surface area contributed by atoms with Crippen molar-refractivity contribution >= 4 is 23.3 Å². The van der Waals surface area contributed by atoms with Crippen LogP contribution in [0.5, 0.6) is 0 Å².